The van der Waals surface area contributed by atoms with E-state index in [2.05, 4.69) is 10.2 Å². The second-order valence-corrected chi connectivity index (χ2v) is 9.52. The zero-order chi connectivity index (χ0) is 24.5. The molecule has 1 amide bonds. The van der Waals surface area contributed by atoms with Crippen LogP contribution >= 0.6 is 11.8 Å². The molecule has 5 rings (SSSR count). The fourth-order valence-corrected chi connectivity index (χ4v) is 5.36. The molecular weight excluding hydrogens is 466 g/mol. The molecule has 2 aromatic heterocycles. The minimum atomic E-state index is -0.215. The van der Waals surface area contributed by atoms with Crippen LogP contribution in [0.25, 0.3) is 22.4 Å². The minimum absolute atomic E-state index is 0.0219. The van der Waals surface area contributed by atoms with E-state index < -0.39 is 0 Å². The van der Waals surface area contributed by atoms with Crippen LogP contribution in [-0.2, 0) is 14.3 Å². The number of nitrogens with zero attached hydrogens (tertiary/aromatic N) is 5. The number of hydrogen-bond donors (Lipinski definition) is 0. The van der Waals surface area contributed by atoms with Gasteiger partial charge >= 0.3 is 5.97 Å². The molecule has 1 saturated heterocycles. The smallest absolute Gasteiger partial charge is 0.308 e. The van der Waals surface area contributed by atoms with Crippen LogP contribution in [-0.4, -0.2) is 61.9 Å². The number of likely N-dealkylation sites (tertiary alicyclic amines) is 1. The molecule has 0 aliphatic carbocycles. The van der Waals surface area contributed by atoms with Gasteiger partial charge in [0, 0.05) is 13.1 Å². The van der Waals surface area contributed by atoms with Crippen molar-refractivity contribution in [3.05, 3.63) is 64.4 Å². The summed E-state index contributed by atoms with van der Waals surface area (Å²) in [4.78, 5) is 39.8. The number of methoxy groups -OCH3 is 1. The van der Waals surface area contributed by atoms with Crippen molar-refractivity contribution < 1.29 is 14.3 Å². The van der Waals surface area contributed by atoms with Gasteiger partial charge in [0.25, 0.3) is 5.56 Å². The maximum Gasteiger partial charge on any atom is 0.308 e. The molecule has 0 atom stereocenters. The van der Waals surface area contributed by atoms with E-state index in [1.165, 1.54) is 18.9 Å². The Bertz CT molecular complexity index is 1490. The molecule has 0 spiro atoms. The third-order valence-electron chi connectivity index (χ3n) is 6.36. The number of benzene rings is 2. The molecule has 0 saturated carbocycles. The standard InChI is InChI=1S/C25H25N5O4S/c1-16-6-5-7-18(14-16)29-22(32)19-8-3-4-9-20(19)30-24(29)26-27-25(30)35-15-21(31)28-12-10-17(11-13-28)23(33)34-2/h3-9,14,17H,10-13,15H2,1-2H3. The highest BCUT2D eigenvalue weighted by Gasteiger charge is 2.28. The van der Waals surface area contributed by atoms with Crippen molar-refractivity contribution in [1.29, 1.82) is 0 Å². The number of rotatable bonds is 5. The summed E-state index contributed by atoms with van der Waals surface area (Å²) in [6.45, 7) is 3.02. The minimum Gasteiger partial charge on any atom is -0.469 e. The Kier molecular flexibility index (Phi) is 6.29. The van der Waals surface area contributed by atoms with Crippen LogP contribution in [0, 0.1) is 12.8 Å². The molecule has 1 aliphatic heterocycles. The molecule has 1 fully saturated rings. The molecule has 10 heteroatoms. The number of para-hydroxylation sites is 1. The van der Waals surface area contributed by atoms with Gasteiger partial charge in [-0.05, 0) is 49.6 Å². The molecular formula is C25H25N5O4S. The van der Waals surface area contributed by atoms with Gasteiger partial charge in [0.05, 0.1) is 35.4 Å². The van der Waals surface area contributed by atoms with Gasteiger partial charge in [-0.3, -0.25) is 18.8 Å². The van der Waals surface area contributed by atoms with Crippen molar-refractivity contribution >= 4 is 40.3 Å². The topological polar surface area (TPSA) is 98.8 Å². The lowest BCUT2D eigenvalue weighted by Gasteiger charge is -2.30. The number of piperidine rings is 1. The molecule has 0 unspecified atom stereocenters. The van der Waals surface area contributed by atoms with Crippen LogP contribution in [0.5, 0.6) is 0 Å². The number of ether oxygens (including phenoxy) is 1. The first-order chi connectivity index (χ1) is 17.0. The Morgan fingerprint density at radius 3 is 2.60 bits per heavy atom. The largest absolute Gasteiger partial charge is 0.469 e. The summed E-state index contributed by atoms with van der Waals surface area (Å²) < 4.78 is 8.22. The zero-order valence-electron chi connectivity index (χ0n) is 19.5. The monoisotopic (exact) mass is 491 g/mol. The number of carbonyl (C=O) groups excluding carboxylic acids is 2. The molecule has 180 valence electrons. The third-order valence-corrected chi connectivity index (χ3v) is 7.28. The first-order valence-electron chi connectivity index (χ1n) is 11.4. The Hall–Kier alpha value is -3.66. The van der Waals surface area contributed by atoms with Gasteiger partial charge in [0.2, 0.25) is 11.7 Å². The van der Waals surface area contributed by atoms with Crippen LogP contribution < -0.4 is 5.56 Å². The molecule has 3 heterocycles. The normalized spacial score (nSPS) is 14.5. The fourth-order valence-electron chi connectivity index (χ4n) is 4.52. The third kappa shape index (κ3) is 4.29. The Labute approximate surface area is 205 Å². The van der Waals surface area contributed by atoms with Gasteiger partial charge in [0.15, 0.2) is 5.16 Å². The van der Waals surface area contributed by atoms with Gasteiger partial charge in [-0.1, -0.05) is 36.0 Å². The molecule has 0 N–H and O–H groups in total. The van der Waals surface area contributed by atoms with E-state index in [4.69, 9.17) is 4.74 Å². The lowest BCUT2D eigenvalue weighted by Crippen LogP contribution is -2.41. The summed E-state index contributed by atoms with van der Waals surface area (Å²) in [7, 11) is 1.39. The Morgan fingerprint density at radius 2 is 1.86 bits per heavy atom. The zero-order valence-corrected chi connectivity index (χ0v) is 20.3. The first-order valence-corrected chi connectivity index (χ1v) is 12.4. The van der Waals surface area contributed by atoms with Crippen molar-refractivity contribution in [1.82, 2.24) is 24.1 Å². The van der Waals surface area contributed by atoms with Crippen molar-refractivity contribution in [3.8, 4) is 5.69 Å². The van der Waals surface area contributed by atoms with E-state index in [1.54, 1.807) is 15.5 Å². The summed E-state index contributed by atoms with van der Waals surface area (Å²) in [5, 5.41) is 9.76. The van der Waals surface area contributed by atoms with Crippen LogP contribution in [0.1, 0.15) is 18.4 Å². The number of thioether (sulfide) groups is 1. The van der Waals surface area contributed by atoms with E-state index in [0.29, 0.717) is 53.5 Å². The van der Waals surface area contributed by atoms with Crippen LogP contribution in [0.15, 0.2) is 58.5 Å². The summed E-state index contributed by atoms with van der Waals surface area (Å²) in [6.07, 6.45) is 1.20. The van der Waals surface area contributed by atoms with Crippen LogP contribution in [0.4, 0.5) is 0 Å². The van der Waals surface area contributed by atoms with E-state index in [9.17, 15) is 14.4 Å². The first kappa shape index (κ1) is 23.1. The van der Waals surface area contributed by atoms with Crippen molar-refractivity contribution in [3.63, 3.8) is 0 Å². The van der Waals surface area contributed by atoms with Gasteiger partial charge in [-0.25, -0.2) is 4.57 Å². The average Bonchev–Trinajstić information content (AvgIpc) is 3.31. The number of aryl methyl sites for hydroxylation is 1. The number of amides is 1. The highest BCUT2D eigenvalue weighted by molar-refractivity contribution is 7.99. The van der Waals surface area contributed by atoms with Gasteiger partial charge in [-0.15, -0.1) is 10.2 Å². The molecule has 1 aliphatic rings. The van der Waals surface area contributed by atoms with Gasteiger partial charge in [0.1, 0.15) is 0 Å². The Morgan fingerprint density at radius 1 is 1.09 bits per heavy atom. The van der Waals surface area contributed by atoms with Crippen LogP contribution in [0.2, 0.25) is 0 Å². The Balaban J connectivity index is 1.46. The van der Waals surface area contributed by atoms with E-state index in [-0.39, 0.29) is 29.1 Å². The quantitative estimate of drug-likeness (QED) is 0.313. The number of esters is 1. The lowest BCUT2D eigenvalue weighted by atomic mass is 9.97. The van der Waals surface area contributed by atoms with Crippen molar-refractivity contribution in [2.75, 3.05) is 26.0 Å². The van der Waals surface area contributed by atoms with Gasteiger partial charge < -0.3 is 9.64 Å². The van der Waals surface area contributed by atoms with E-state index in [0.717, 1.165) is 5.56 Å². The molecule has 35 heavy (non-hydrogen) atoms. The van der Waals surface area contributed by atoms with E-state index >= 15 is 0 Å². The predicted octanol–water partition coefficient (Wildman–Crippen LogP) is 2.85. The van der Waals surface area contributed by atoms with Crippen molar-refractivity contribution in [2.24, 2.45) is 5.92 Å². The maximum absolute atomic E-state index is 13.4. The molecule has 2 aromatic carbocycles. The maximum atomic E-state index is 13.4. The predicted molar refractivity (Wildman–Crippen MR) is 133 cm³/mol. The summed E-state index contributed by atoms with van der Waals surface area (Å²) in [5.74, 6) is 0.191. The van der Waals surface area contributed by atoms with Crippen LogP contribution in [0.3, 0.4) is 0 Å². The highest BCUT2D eigenvalue weighted by atomic mass is 32.2. The summed E-state index contributed by atoms with van der Waals surface area (Å²) >= 11 is 1.29. The second-order valence-electron chi connectivity index (χ2n) is 8.58. The number of aromatic nitrogens is 4. The molecule has 9 nitrogen and oxygen atoms in total. The van der Waals surface area contributed by atoms with Gasteiger partial charge in [-0.2, -0.15) is 0 Å². The lowest BCUT2D eigenvalue weighted by molar-refractivity contribution is -0.148. The number of fused-ring (bicyclic) bond motifs is 3. The molecule has 4 aromatic rings. The second kappa shape index (κ2) is 9.53. The summed E-state index contributed by atoms with van der Waals surface area (Å²) in [6, 6.07) is 15.0. The molecule has 0 bridgehead atoms. The molecule has 0 radical (unpaired) electrons. The van der Waals surface area contributed by atoms with Crippen molar-refractivity contribution in [2.45, 2.75) is 24.9 Å². The average molecular weight is 492 g/mol. The highest BCUT2D eigenvalue weighted by Crippen LogP contribution is 2.25. The summed E-state index contributed by atoms with van der Waals surface area (Å²) in [5.41, 5.74) is 2.25. The SMILES string of the molecule is COC(=O)C1CCN(C(=O)CSc2nnc3n(-c4cccc(C)c4)c(=O)c4ccccc4n23)CC1. The number of carbonyl (C=O) groups is 2. The number of hydrogen-bond acceptors (Lipinski definition) is 7. The van der Waals surface area contributed by atoms with E-state index in [1.807, 2.05) is 53.8 Å². The fraction of sp³-hybridized carbons (Fsp3) is 0.320.